The summed E-state index contributed by atoms with van der Waals surface area (Å²) in [5.74, 6) is 1.80. The van der Waals surface area contributed by atoms with Gasteiger partial charge in [-0.3, -0.25) is 0 Å². The summed E-state index contributed by atoms with van der Waals surface area (Å²) in [6.07, 6.45) is 0. The van der Waals surface area contributed by atoms with E-state index >= 15 is 0 Å². The number of hydrogen-bond donors (Lipinski definition) is 2. The first-order chi connectivity index (χ1) is 12.5. The minimum absolute atomic E-state index is 0. The van der Waals surface area contributed by atoms with Gasteiger partial charge in [-0.2, -0.15) is 0 Å². The molecule has 0 aliphatic rings. The average Bonchev–Trinajstić information content (AvgIpc) is 2.63. The van der Waals surface area contributed by atoms with E-state index in [1.54, 1.807) is 0 Å². The monoisotopic (exact) mass is 484 g/mol. The van der Waals surface area contributed by atoms with Crippen molar-refractivity contribution in [2.45, 2.75) is 20.4 Å². The van der Waals surface area contributed by atoms with E-state index in [0.717, 1.165) is 22.7 Å². The second-order valence-electron chi connectivity index (χ2n) is 5.91. The Morgan fingerprint density at radius 2 is 1.70 bits per heavy atom. The molecule has 0 unspecified atom stereocenters. The van der Waals surface area contributed by atoms with Crippen molar-refractivity contribution in [2.24, 2.45) is 10.7 Å². The first-order valence-corrected chi connectivity index (χ1v) is 8.76. The molecular formula is C20H29IN4O2. The SMILES string of the molecule is CCOc1ccc(OCC)c(NC(N)=NCc2ccc(N(C)C)cc2)c1.I. The number of ether oxygens (including phenoxy) is 2. The smallest absolute Gasteiger partial charge is 0.193 e. The van der Waals surface area contributed by atoms with Crippen molar-refractivity contribution in [1.82, 2.24) is 0 Å². The van der Waals surface area contributed by atoms with Crippen LogP contribution in [-0.4, -0.2) is 33.3 Å². The number of hydrogen-bond acceptors (Lipinski definition) is 4. The molecule has 148 valence electrons. The van der Waals surface area contributed by atoms with Gasteiger partial charge >= 0.3 is 0 Å². The molecule has 6 nitrogen and oxygen atoms in total. The summed E-state index contributed by atoms with van der Waals surface area (Å²) in [5.41, 5.74) is 9.04. The number of nitrogens with two attached hydrogens (primary N) is 1. The molecule has 0 amide bonds. The average molecular weight is 484 g/mol. The molecule has 27 heavy (non-hydrogen) atoms. The van der Waals surface area contributed by atoms with Gasteiger partial charge in [0.05, 0.1) is 25.4 Å². The fraction of sp³-hybridized carbons (Fsp3) is 0.350. The molecule has 0 aliphatic carbocycles. The highest BCUT2D eigenvalue weighted by atomic mass is 127. The third-order valence-corrected chi connectivity index (χ3v) is 3.71. The number of aliphatic imine (C=N–C) groups is 1. The summed E-state index contributed by atoms with van der Waals surface area (Å²) in [6.45, 7) is 5.55. The van der Waals surface area contributed by atoms with E-state index in [1.807, 2.05) is 58.3 Å². The topological polar surface area (TPSA) is 72.1 Å². The number of nitrogens with one attached hydrogen (secondary N) is 1. The Morgan fingerprint density at radius 1 is 1.04 bits per heavy atom. The minimum Gasteiger partial charge on any atom is -0.494 e. The van der Waals surface area contributed by atoms with Crippen LogP contribution in [0.2, 0.25) is 0 Å². The lowest BCUT2D eigenvalue weighted by Gasteiger charge is -2.14. The molecule has 2 rings (SSSR count). The van der Waals surface area contributed by atoms with Crippen LogP contribution in [0.3, 0.4) is 0 Å². The quantitative estimate of drug-likeness (QED) is 0.336. The van der Waals surface area contributed by atoms with E-state index in [1.165, 1.54) is 0 Å². The molecule has 0 saturated heterocycles. The van der Waals surface area contributed by atoms with Crippen LogP contribution in [0.15, 0.2) is 47.5 Å². The highest BCUT2D eigenvalue weighted by Gasteiger charge is 2.07. The van der Waals surface area contributed by atoms with Crippen LogP contribution in [0.5, 0.6) is 11.5 Å². The lowest BCUT2D eigenvalue weighted by Crippen LogP contribution is -2.23. The second-order valence-corrected chi connectivity index (χ2v) is 5.91. The first kappa shape index (κ1) is 22.9. The maximum Gasteiger partial charge on any atom is 0.193 e. The van der Waals surface area contributed by atoms with Crippen molar-refractivity contribution in [3.05, 3.63) is 48.0 Å². The summed E-state index contributed by atoms with van der Waals surface area (Å²) < 4.78 is 11.2. The summed E-state index contributed by atoms with van der Waals surface area (Å²) in [4.78, 5) is 6.47. The highest BCUT2D eigenvalue weighted by molar-refractivity contribution is 14.0. The number of anilines is 2. The van der Waals surface area contributed by atoms with Crippen molar-refractivity contribution < 1.29 is 9.47 Å². The van der Waals surface area contributed by atoms with Gasteiger partial charge in [0.25, 0.3) is 0 Å². The Kier molecular flexibility index (Phi) is 9.77. The molecule has 7 heteroatoms. The summed E-state index contributed by atoms with van der Waals surface area (Å²) >= 11 is 0. The Morgan fingerprint density at radius 3 is 2.30 bits per heavy atom. The Hall–Kier alpha value is -2.16. The van der Waals surface area contributed by atoms with Gasteiger partial charge in [-0.05, 0) is 43.7 Å². The molecule has 3 N–H and O–H groups in total. The molecule has 0 saturated carbocycles. The van der Waals surface area contributed by atoms with E-state index in [-0.39, 0.29) is 24.0 Å². The number of nitrogens with zero attached hydrogens (tertiary/aromatic N) is 2. The molecule has 0 radical (unpaired) electrons. The maximum atomic E-state index is 6.06. The number of rotatable bonds is 8. The van der Waals surface area contributed by atoms with Crippen LogP contribution in [0.1, 0.15) is 19.4 Å². The zero-order valence-electron chi connectivity index (χ0n) is 16.4. The first-order valence-electron chi connectivity index (χ1n) is 8.76. The fourth-order valence-corrected chi connectivity index (χ4v) is 2.40. The zero-order valence-corrected chi connectivity index (χ0v) is 18.7. The van der Waals surface area contributed by atoms with Gasteiger partial charge in [0, 0.05) is 25.8 Å². The standard InChI is InChI=1S/C20H28N4O2.HI/c1-5-25-17-11-12-19(26-6-2)18(13-17)23-20(21)22-14-15-7-9-16(10-8-15)24(3)4;/h7-13H,5-6,14H2,1-4H3,(H3,21,22,23);1H. The van der Waals surface area contributed by atoms with Crippen LogP contribution in [0.25, 0.3) is 0 Å². The number of benzene rings is 2. The van der Waals surface area contributed by atoms with Crippen molar-refractivity contribution in [3.8, 4) is 11.5 Å². The summed E-state index contributed by atoms with van der Waals surface area (Å²) in [7, 11) is 4.03. The molecule has 2 aromatic carbocycles. The van der Waals surface area contributed by atoms with E-state index < -0.39 is 0 Å². The van der Waals surface area contributed by atoms with Crippen molar-refractivity contribution in [2.75, 3.05) is 37.5 Å². The third kappa shape index (κ3) is 7.16. The second kappa shape index (κ2) is 11.5. The summed E-state index contributed by atoms with van der Waals surface area (Å²) in [6, 6.07) is 13.8. The Labute approximate surface area is 178 Å². The van der Waals surface area contributed by atoms with Crippen molar-refractivity contribution >= 4 is 41.3 Å². The van der Waals surface area contributed by atoms with Gasteiger partial charge < -0.3 is 25.4 Å². The largest absolute Gasteiger partial charge is 0.494 e. The lowest BCUT2D eigenvalue weighted by atomic mass is 10.2. The normalized spacial score (nSPS) is 10.7. The maximum absolute atomic E-state index is 6.06. The number of guanidine groups is 1. The Bertz CT molecular complexity index is 733. The van der Waals surface area contributed by atoms with Gasteiger partial charge in [-0.25, -0.2) is 4.99 Å². The van der Waals surface area contributed by atoms with E-state index in [2.05, 4.69) is 27.3 Å². The fourth-order valence-electron chi connectivity index (χ4n) is 2.40. The molecule has 0 atom stereocenters. The molecule has 0 heterocycles. The van der Waals surface area contributed by atoms with Gasteiger partial charge in [0.2, 0.25) is 0 Å². The summed E-state index contributed by atoms with van der Waals surface area (Å²) in [5, 5.41) is 3.11. The predicted molar refractivity (Wildman–Crippen MR) is 124 cm³/mol. The predicted octanol–water partition coefficient (Wildman–Crippen LogP) is 4.09. The van der Waals surface area contributed by atoms with Gasteiger partial charge in [-0.15, -0.1) is 24.0 Å². The zero-order chi connectivity index (χ0) is 18.9. The van der Waals surface area contributed by atoms with E-state index in [9.17, 15) is 0 Å². The molecule has 0 aliphatic heterocycles. The highest BCUT2D eigenvalue weighted by Crippen LogP contribution is 2.29. The van der Waals surface area contributed by atoms with Gasteiger partial charge in [-0.1, -0.05) is 12.1 Å². The van der Waals surface area contributed by atoms with E-state index in [4.69, 9.17) is 15.2 Å². The van der Waals surface area contributed by atoms with Crippen LogP contribution >= 0.6 is 24.0 Å². The molecule has 0 aromatic heterocycles. The van der Waals surface area contributed by atoms with Gasteiger partial charge in [0.15, 0.2) is 5.96 Å². The van der Waals surface area contributed by atoms with Crippen LogP contribution < -0.4 is 25.4 Å². The van der Waals surface area contributed by atoms with E-state index in [0.29, 0.717) is 31.5 Å². The molecule has 2 aromatic rings. The minimum atomic E-state index is 0. The molecular weight excluding hydrogens is 455 g/mol. The van der Waals surface area contributed by atoms with Crippen molar-refractivity contribution in [3.63, 3.8) is 0 Å². The Balaban J connectivity index is 0.00000364. The van der Waals surface area contributed by atoms with Crippen molar-refractivity contribution in [1.29, 1.82) is 0 Å². The molecule has 0 spiro atoms. The van der Waals surface area contributed by atoms with Crippen LogP contribution in [0, 0.1) is 0 Å². The lowest BCUT2D eigenvalue weighted by molar-refractivity contribution is 0.332. The van der Waals surface area contributed by atoms with Crippen LogP contribution in [-0.2, 0) is 6.54 Å². The molecule has 0 fully saturated rings. The van der Waals surface area contributed by atoms with Gasteiger partial charge in [0.1, 0.15) is 11.5 Å². The van der Waals surface area contributed by atoms with Crippen LogP contribution in [0.4, 0.5) is 11.4 Å². The molecule has 0 bridgehead atoms. The number of halogens is 1. The third-order valence-electron chi connectivity index (χ3n) is 3.71.